The van der Waals surface area contributed by atoms with E-state index in [1.807, 2.05) is 47.8 Å². The number of halogens is 1. The van der Waals surface area contributed by atoms with Crippen LogP contribution in [0.15, 0.2) is 77.0 Å². The molecule has 0 saturated carbocycles. The van der Waals surface area contributed by atoms with E-state index in [2.05, 4.69) is 34.6 Å². The van der Waals surface area contributed by atoms with Crippen LogP contribution in [0.3, 0.4) is 0 Å². The molecule has 6 heteroatoms. The molecule has 3 nitrogen and oxygen atoms in total. The molecule has 0 aliphatic heterocycles. The zero-order chi connectivity index (χ0) is 20.1. The van der Waals surface area contributed by atoms with Gasteiger partial charge in [-0.3, -0.25) is 4.79 Å². The predicted octanol–water partition coefficient (Wildman–Crippen LogP) is 7.13. The molecule has 29 heavy (non-hydrogen) atoms. The molecular weight excluding hydrogens is 420 g/mol. The Hall–Kier alpha value is -2.34. The molecule has 4 aromatic rings. The van der Waals surface area contributed by atoms with Crippen molar-refractivity contribution < 1.29 is 4.79 Å². The fourth-order valence-corrected chi connectivity index (χ4v) is 4.74. The van der Waals surface area contributed by atoms with Crippen molar-refractivity contribution in [2.24, 2.45) is 0 Å². The van der Waals surface area contributed by atoms with E-state index in [0.717, 1.165) is 38.7 Å². The summed E-state index contributed by atoms with van der Waals surface area (Å²) in [6.45, 7) is 0. The van der Waals surface area contributed by atoms with Crippen LogP contribution in [0.4, 0.5) is 5.13 Å². The normalized spacial score (nSPS) is 10.9. The predicted molar refractivity (Wildman–Crippen MR) is 125 cm³/mol. The second-order valence-electron chi connectivity index (χ2n) is 6.52. The van der Waals surface area contributed by atoms with Crippen LogP contribution in [0.2, 0.25) is 5.02 Å². The first-order valence-corrected chi connectivity index (χ1v) is 11.6. The van der Waals surface area contributed by atoms with Crippen LogP contribution in [-0.2, 0) is 4.79 Å². The highest BCUT2D eigenvalue weighted by molar-refractivity contribution is 7.99. The van der Waals surface area contributed by atoms with Crippen LogP contribution in [0.25, 0.3) is 22.0 Å². The van der Waals surface area contributed by atoms with Gasteiger partial charge < -0.3 is 5.32 Å². The fourth-order valence-electron chi connectivity index (χ4n) is 3.04. The van der Waals surface area contributed by atoms with Crippen molar-refractivity contribution in [3.05, 3.63) is 77.1 Å². The Morgan fingerprint density at radius 2 is 1.83 bits per heavy atom. The number of amides is 1. The summed E-state index contributed by atoms with van der Waals surface area (Å²) >= 11 is 9.08. The van der Waals surface area contributed by atoms with E-state index >= 15 is 0 Å². The van der Waals surface area contributed by atoms with Gasteiger partial charge in [0.1, 0.15) is 0 Å². The smallest absolute Gasteiger partial charge is 0.226 e. The Kier molecular flexibility index (Phi) is 6.49. The molecule has 1 N–H and O–H groups in total. The van der Waals surface area contributed by atoms with E-state index in [-0.39, 0.29) is 5.91 Å². The molecule has 146 valence electrons. The van der Waals surface area contributed by atoms with E-state index in [0.29, 0.717) is 11.6 Å². The Balaban J connectivity index is 1.31. The van der Waals surface area contributed by atoms with E-state index in [9.17, 15) is 4.79 Å². The van der Waals surface area contributed by atoms with Gasteiger partial charge in [0, 0.05) is 27.3 Å². The maximum Gasteiger partial charge on any atom is 0.226 e. The standard InChI is InChI=1S/C23H19ClN2OS2/c24-17-10-12-18(13-11-17)28-14-4-9-22(27)26-23-25-21(15-29-23)20-8-3-6-16-5-1-2-7-19(16)20/h1-3,5-8,10-13,15H,4,9,14H2,(H,25,26,27). The molecular formula is C23H19ClN2OS2. The molecule has 0 saturated heterocycles. The molecule has 0 aliphatic carbocycles. The van der Waals surface area contributed by atoms with Crippen LogP contribution in [0, 0.1) is 0 Å². The van der Waals surface area contributed by atoms with Crippen molar-refractivity contribution in [1.29, 1.82) is 0 Å². The zero-order valence-electron chi connectivity index (χ0n) is 15.6. The monoisotopic (exact) mass is 438 g/mol. The van der Waals surface area contributed by atoms with Crippen LogP contribution in [-0.4, -0.2) is 16.6 Å². The van der Waals surface area contributed by atoms with Gasteiger partial charge in [-0.25, -0.2) is 4.98 Å². The third-order valence-electron chi connectivity index (χ3n) is 4.45. The average Bonchev–Trinajstić information content (AvgIpc) is 3.20. The first-order valence-electron chi connectivity index (χ1n) is 9.31. The van der Waals surface area contributed by atoms with Gasteiger partial charge >= 0.3 is 0 Å². The highest BCUT2D eigenvalue weighted by Gasteiger charge is 2.10. The number of aromatic nitrogens is 1. The van der Waals surface area contributed by atoms with Crippen molar-refractivity contribution in [2.75, 3.05) is 11.1 Å². The van der Waals surface area contributed by atoms with Gasteiger partial charge in [0.05, 0.1) is 5.69 Å². The fraction of sp³-hybridized carbons (Fsp3) is 0.130. The number of anilines is 1. The minimum atomic E-state index is 0.000487. The van der Waals surface area contributed by atoms with Crippen LogP contribution in [0.1, 0.15) is 12.8 Å². The largest absolute Gasteiger partial charge is 0.302 e. The summed E-state index contributed by atoms with van der Waals surface area (Å²) in [4.78, 5) is 18.0. The Bertz CT molecular complexity index is 1120. The van der Waals surface area contributed by atoms with Crippen molar-refractivity contribution in [3.63, 3.8) is 0 Å². The third-order valence-corrected chi connectivity index (χ3v) is 6.55. The number of carbonyl (C=O) groups excluding carboxylic acids is 1. The number of rotatable bonds is 7. The maximum atomic E-state index is 12.3. The summed E-state index contributed by atoms with van der Waals surface area (Å²) in [5.41, 5.74) is 1.97. The summed E-state index contributed by atoms with van der Waals surface area (Å²) in [5.74, 6) is 0.884. The first-order chi connectivity index (χ1) is 14.2. The lowest BCUT2D eigenvalue weighted by Crippen LogP contribution is -2.11. The molecule has 3 aromatic carbocycles. The number of nitrogens with one attached hydrogen (secondary N) is 1. The summed E-state index contributed by atoms with van der Waals surface area (Å²) in [6.07, 6.45) is 1.28. The van der Waals surface area contributed by atoms with Gasteiger partial charge in [0.2, 0.25) is 5.91 Å². The average molecular weight is 439 g/mol. The Morgan fingerprint density at radius 3 is 2.69 bits per heavy atom. The molecule has 0 unspecified atom stereocenters. The van der Waals surface area contributed by atoms with E-state index in [1.165, 1.54) is 16.7 Å². The number of hydrogen-bond acceptors (Lipinski definition) is 4. The quantitative estimate of drug-likeness (QED) is 0.246. The van der Waals surface area contributed by atoms with Crippen molar-refractivity contribution >= 4 is 56.5 Å². The number of thioether (sulfide) groups is 1. The van der Waals surface area contributed by atoms with E-state index in [1.54, 1.807) is 11.8 Å². The second kappa shape index (κ2) is 9.44. The van der Waals surface area contributed by atoms with Crippen molar-refractivity contribution in [3.8, 4) is 11.3 Å². The van der Waals surface area contributed by atoms with Crippen molar-refractivity contribution in [2.45, 2.75) is 17.7 Å². The molecule has 0 radical (unpaired) electrons. The summed E-state index contributed by atoms with van der Waals surface area (Å²) in [5, 5.41) is 8.65. The number of carbonyl (C=O) groups is 1. The van der Waals surface area contributed by atoms with Gasteiger partial charge in [-0.15, -0.1) is 23.1 Å². The number of hydrogen-bond donors (Lipinski definition) is 1. The summed E-state index contributed by atoms with van der Waals surface area (Å²) < 4.78 is 0. The molecule has 1 aromatic heterocycles. The minimum Gasteiger partial charge on any atom is -0.302 e. The van der Waals surface area contributed by atoms with Gasteiger partial charge in [0.15, 0.2) is 5.13 Å². The lowest BCUT2D eigenvalue weighted by molar-refractivity contribution is -0.116. The van der Waals surface area contributed by atoms with Crippen LogP contribution < -0.4 is 5.32 Å². The topological polar surface area (TPSA) is 42.0 Å². The van der Waals surface area contributed by atoms with E-state index in [4.69, 9.17) is 11.6 Å². The van der Waals surface area contributed by atoms with Gasteiger partial charge in [-0.2, -0.15) is 0 Å². The van der Waals surface area contributed by atoms with Crippen molar-refractivity contribution in [1.82, 2.24) is 4.98 Å². The van der Waals surface area contributed by atoms with Gasteiger partial charge in [-0.05, 0) is 47.2 Å². The molecule has 1 amide bonds. The second-order valence-corrected chi connectivity index (χ2v) is 8.98. The Labute approximate surface area is 183 Å². The van der Waals surface area contributed by atoms with Gasteiger partial charge in [0.25, 0.3) is 0 Å². The lowest BCUT2D eigenvalue weighted by atomic mass is 10.0. The van der Waals surface area contributed by atoms with Crippen LogP contribution >= 0.6 is 34.7 Å². The SMILES string of the molecule is O=C(CCCSc1ccc(Cl)cc1)Nc1nc(-c2cccc3ccccc23)cs1. The number of nitrogens with zero attached hydrogens (tertiary/aromatic N) is 1. The summed E-state index contributed by atoms with van der Waals surface area (Å²) in [7, 11) is 0. The first kappa shape index (κ1) is 20.0. The minimum absolute atomic E-state index is 0.000487. The maximum absolute atomic E-state index is 12.3. The van der Waals surface area contributed by atoms with E-state index < -0.39 is 0 Å². The zero-order valence-corrected chi connectivity index (χ0v) is 18.0. The van der Waals surface area contributed by atoms with Gasteiger partial charge in [-0.1, -0.05) is 54.1 Å². The molecule has 0 aliphatic rings. The molecule has 0 atom stereocenters. The van der Waals surface area contributed by atoms with Crippen LogP contribution in [0.5, 0.6) is 0 Å². The molecule has 0 spiro atoms. The number of benzene rings is 3. The molecule has 0 fully saturated rings. The third kappa shape index (κ3) is 5.18. The number of thiazole rings is 1. The molecule has 0 bridgehead atoms. The Morgan fingerprint density at radius 1 is 1.03 bits per heavy atom. The summed E-state index contributed by atoms with van der Waals surface area (Å²) in [6, 6.07) is 22.2. The highest BCUT2D eigenvalue weighted by Crippen LogP contribution is 2.31. The number of fused-ring (bicyclic) bond motifs is 1. The molecule has 4 rings (SSSR count). The highest BCUT2D eigenvalue weighted by atomic mass is 35.5. The molecule has 1 heterocycles. The lowest BCUT2D eigenvalue weighted by Gasteiger charge is -2.04.